The number of morpholine rings is 1. The second-order valence-corrected chi connectivity index (χ2v) is 8.56. The molecule has 1 aromatic rings. The van der Waals surface area contributed by atoms with Gasteiger partial charge in [0.2, 0.25) is 0 Å². The Bertz CT molecular complexity index is 717. The summed E-state index contributed by atoms with van der Waals surface area (Å²) in [5, 5.41) is 3.80. The minimum absolute atomic E-state index is 0.0121. The first-order valence-corrected chi connectivity index (χ1v) is 10.9. The number of rotatable bonds is 7. The second-order valence-electron chi connectivity index (χ2n) is 7.75. The van der Waals surface area contributed by atoms with E-state index in [0.717, 1.165) is 39.1 Å². The molecule has 2 aliphatic rings. The Balaban J connectivity index is 1.46. The van der Waals surface area contributed by atoms with Gasteiger partial charge in [0, 0.05) is 25.2 Å². The first kappa shape index (κ1) is 22.3. The van der Waals surface area contributed by atoms with Gasteiger partial charge < -0.3 is 14.8 Å². The molecule has 29 heavy (non-hydrogen) atoms. The molecule has 1 saturated heterocycles. The van der Waals surface area contributed by atoms with Gasteiger partial charge in [-0.3, -0.25) is 14.5 Å². The summed E-state index contributed by atoms with van der Waals surface area (Å²) in [4.78, 5) is 26.8. The van der Waals surface area contributed by atoms with Gasteiger partial charge in [-0.05, 0) is 30.5 Å². The quantitative estimate of drug-likeness (QED) is 0.656. The summed E-state index contributed by atoms with van der Waals surface area (Å²) in [6.07, 6.45) is 5.78. The third-order valence-electron chi connectivity index (χ3n) is 5.78. The van der Waals surface area contributed by atoms with E-state index < -0.39 is 5.97 Å². The lowest BCUT2D eigenvalue weighted by Crippen LogP contribution is -2.59. The van der Waals surface area contributed by atoms with Crippen LogP contribution in [-0.4, -0.2) is 61.8 Å². The second kappa shape index (κ2) is 10.6. The van der Waals surface area contributed by atoms with Gasteiger partial charge in [-0.15, -0.1) is 0 Å². The molecule has 0 atom stereocenters. The van der Waals surface area contributed by atoms with E-state index in [1.54, 1.807) is 18.2 Å². The maximum atomic E-state index is 12.3. The van der Waals surface area contributed by atoms with Crippen molar-refractivity contribution in [1.29, 1.82) is 0 Å². The lowest BCUT2D eigenvalue weighted by molar-refractivity contribution is -0.148. The highest BCUT2D eigenvalue weighted by Gasteiger charge is 2.38. The molecular formula is C21H28Cl2N2O4. The van der Waals surface area contributed by atoms with Gasteiger partial charge >= 0.3 is 5.97 Å². The van der Waals surface area contributed by atoms with Crippen molar-refractivity contribution in [1.82, 2.24) is 10.2 Å². The highest BCUT2D eigenvalue weighted by molar-refractivity contribution is 6.42. The van der Waals surface area contributed by atoms with Crippen LogP contribution in [0.25, 0.3) is 0 Å². The Morgan fingerprint density at radius 2 is 1.83 bits per heavy atom. The fourth-order valence-electron chi connectivity index (χ4n) is 4.18. The molecule has 1 amide bonds. The molecule has 0 bridgehead atoms. The minimum Gasteiger partial charge on any atom is -0.455 e. The fourth-order valence-corrected chi connectivity index (χ4v) is 4.50. The number of nitrogens with one attached hydrogen (secondary N) is 1. The van der Waals surface area contributed by atoms with Crippen molar-refractivity contribution in [2.45, 2.75) is 44.1 Å². The van der Waals surface area contributed by atoms with Crippen LogP contribution in [0.5, 0.6) is 0 Å². The summed E-state index contributed by atoms with van der Waals surface area (Å²) < 4.78 is 10.6. The SMILES string of the molecule is O=C(COC(=O)Cc1ccc(Cl)c(Cl)c1)NCC1(N2CCOCC2)CCCCC1. The van der Waals surface area contributed by atoms with E-state index in [2.05, 4.69) is 10.2 Å². The van der Waals surface area contributed by atoms with Crippen LogP contribution in [-0.2, 0) is 25.5 Å². The average molecular weight is 443 g/mol. The Morgan fingerprint density at radius 3 is 2.52 bits per heavy atom. The van der Waals surface area contributed by atoms with Crippen molar-refractivity contribution < 1.29 is 19.1 Å². The summed E-state index contributed by atoms with van der Waals surface area (Å²) in [5.41, 5.74) is 0.681. The van der Waals surface area contributed by atoms with E-state index in [0.29, 0.717) is 22.2 Å². The third-order valence-corrected chi connectivity index (χ3v) is 6.52. The van der Waals surface area contributed by atoms with Gasteiger partial charge in [0.15, 0.2) is 6.61 Å². The van der Waals surface area contributed by atoms with Crippen LogP contribution in [0.3, 0.4) is 0 Å². The van der Waals surface area contributed by atoms with Crippen LogP contribution in [0.1, 0.15) is 37.7 Å². The van der Waals surface area contributed by atoms with Crippen molar-refractivity contribution in [3.05, 3.63) is 33.8 Å². The van der Waals surface area contributed by atoms with Crippen LogP contribution in [0, 0.1) is 0 Å². The van der Waals surface area contributed by atoms with E-state index in [1.807, 2.05) is 0 Å². The summed E-state index contributed by atoms with van der Waals surface area (Å²) >= 11 is 11.8. The molecule has 160 valence electrons. The predicted molar refractivity (Wildman–Crippen MR) is 112 cm³/mol. The Kier molecular flexibility index (Phi) is 8.18. The predicted octanol–water partition coefficient (Wildman–Crippen LogP) is 3.23. The van der Waals surface area contributed by atoms with Gasteiger partial charge in [-0.1, -0.05) is 48.5 Å². The number of esters is 1. The molecule has 0 radical (unpaired) electrons. The molecule has 1 aliphatic carbocycles. The van der Waals surface area contributed by atoms with Gasteiger partial charge in [-0.2, -0.15) is 0 Å². The number of amides is 1. The minimum atomic E-state index is -0.473. The van der Waals surface area contributed by atoms with Crippen molar-refractivity contribution in [3.63, 3.8) is 0 Å². The topological polar surface area (TPSA) is 67.9 Å². The molecule has 1 heterocycles. The molecule has 0 aromatic heterocycles. The maximum absolute atomic E-state index is 12.3. The number of nitrogens with zero attached hydrogens (tertiary/aromatic N) is 1. The lowest BCUT2D eigenvalue weighted by atomic mass is 9.79. The van der Waals surface area contributed by atoms with Gasteiger partial charge in [0.05, 0.1) is 29.7 Å². The van der Waals surface area contributed by atoms with Crippen LogP contribution in [0.2, 0.25) is 10.0 Å². The molecule has 1 N–H and O–H groups in total. The smallest absolute Gasteiger partial charge is 0.310 e. The number of ether oxygens (including phenoxy) is 2. The van der Waals surface area contributed by atoms with Crippen molar-refractivity contribution in [3.8, 4) is 0 Å². The number of benzene rings is 1. The van der Waals surface area contributed by atoms with E-state index in [-0.39, 0.29) is 24.5 Å². The van der Waals surface area contributed by atoms with Gasteiger partial charge in [0.1, 0.15) is 0 Å². The molecule has 3 rings (SSSR count). The Hall–Kier alpha value is -1.34. The Labute approximate surface area is 181 Å². The highest BCUT2D eigenvalue weighted by atomic mass is 35.5. The van der Waals surface area contributed by atoms with Crippen molar-refractivity contribution >= 4 is 35.1 Å². The molecule has 1 saturated carbocycles. The van der Waals surface area contributed by atoms with Crippen LogP contribution in [0.15, 0.2) is 18.2 Å². The molecule has 0 spiro atoms. The lowest BCUT2D eigenvalue weighted by Gasteiger charge is -2.48. The number of hydrogen-bond donors (Lipinski definition) is 1. The zero-order chi connectivity index (χ0) is 20.7. The summed E-state index contributed by atoms with van der Waals surface area (Å²) in [6.45, 7) is 3.57. The molecule has 6 nitrogen and oxygen atoms in total. The van der Waals surface area contributed by atoms with Gasteiger partial charge in [0.25, 0.3) is 5.91 Å². The summed E-state index contributed by atoms with van der Waals surface area (Å²) in [7, 11) is 0. The highest BCUT2D eigenvalue weighted by Crippen LogP contribution is 2.33. The van der Waals surface area contributed by atoms with Gasteiger partial charge in [-0.25, -0.2) is 0 Å². The average Bonchev–Trinajstić information content (AvgIpc) is 2.75. The number of carbonyl (C=O) groups excluding carboxylic acids is 2. The number of carbonyl (C=O) groups is 2. The third kappa shape index (κ3) is 6.32. The van der Waals surface area contributed by atoms with Crippen molar-refractivity contribution in [2.75, 3.05) is 39.5 Å². The van der Waals surface area contributed by atoms with E-state index in [1.165, 1.54) is 19.3 Å². The largest absolute Gasteiger partial charge is 0.455 e. The van der Waals surface area contributed by atoms with E-state index >= 15 is 0 Å². The molecule has 8 heteroatoms. The van der Waals surface area contributed by atoms with Crippen LogP contribution < -0.4 is 5.32 Å². The van der Waals surface area contributed by atoms with E-state index in [4.69, 9.17) is 32.7 Å². The first-order chi connectivity index (χ1) is 14.0. The molecule has 1 aliphatic heterocycles. The zero-order valence-corrected chi connectivity index (χ0v) is 18.1. The first-order valence-electron chi connectivity index (χ1n) is 10.2. The standard InChI is InChI=1S/C21H28Cl2N2O4/c22-17-5-4-16(12-18(17)23)13-20(27)29-14-19(26)24-15-21(6-2-1-3-7-21)25-8-10-28-11-9-25/h4-5,12H,1-3,6-11,13-15H2,(H,24,26). The zero-order valence-electron chi connectivity index (χ0n) is 16.6. The van der Waals surface area contributed by atoms with Crippen molar-refractivity contribution in [2.24, 2.45) is 0 Å². The Morgan fingerprint density at radius 1 is 1.10 bits per heavy atom. The van der Waals surface area contributed by atoms with Crippen LogP contribution in [0.4, 0.5) is 0 Å². The fraction of sp³-hybridized carbons (Fsp3) is 0.619. The molecule has 2 fully saturated rings. The number of halogens is 2. The molecular weight excluding hydrogens is 415 g/mol. The molecule has 0 unspecified atom stereocenters. The number of hydrogen-bond acceptors (Lipinski definition) is 5. The normalized spacial score (nSPS) is 19.5. The molecule has 1 aromatic carbocycles. The maximum Gasteiger partial charge on any atom is 0.310 e. The summed E-state index contributed by atoms with van der Waals surface area (Å²) in [5.74, 6) is -0.746. The monoisotopic (exact) mass is 442 g/mol. The summed E-state index contributed by atoms with van der Waals surface area (Å²) in [6, 6.07) is 4.97. The van der Waals surface area contributed by atoms with E-state index in [9.17, 15) is 9.59 Å². The van der Waals surface area contributed by atoms with Crippen LogP contribution >= 0.6 is 23.2 Å².